The number of hydrogen-bond acceptors (Lipinski definition) is 3. The highest BCUT2D eigenvalue weighted by Crippen LogP contribution is 2.25. The molecular weight excluding hydrogens is 288 g/mol. The molecule has 0 aliphatic carbocycles. The first-order valence-corrected chi connectivity index (χ1v) is 7.30. The summed E-state index contributed by atoms with van der Waals surface area (Å²) in [6.45, 7) is 2.04. The molecule has 0 saturated carbocycles. The van der Waals surface area contributed by atoms with Crippen LogP contribution in [0.5, 0.6) is 5.75 Å². The summed E-state index contributed by atoms with van der Waals surface area (Å²) in [6, 6.07) is 15.6. The van der Waals surface area contributed by atoms with E-state index in [-0.39, 0.29) is 12.6 Å². The van der Waals surface area contributed by atoms with E-state index in [0.717, 1.165) is 16.7 Å². The smallest absolute Gasteiger partial charge is 0.344 e. The Balaban J connectivity index is 2.11. The van der Waals surface area contributed by atoms with Crippen molar-refractivity contribution >= 4 is 17.6 Å². The molecule has 2 aromatic carbocycles. The van der Waals surface area contributed by atoms with Gasteiger partial charge in [-0.2, -0.15) is 0 Å². The molecule has 0 N–H and O–H groups in total. The summed E-state index contributed by atoms with van der Waals surface area (Å²) in [5, 5.41) is 0. The SMILES string of the molecule is CCOC(=O)COc1cccc(-c2cccc(CCl)c2)c1. The molecule has 4 heteroatoms. The first kappa shape index (κ1) is 15.4. The zero-order valence-electron chi connectivity index (χ0n) is 11.8. The molecular formula is C17H17ClO3. The fourth-order valence-electron chi connectivity index (χ4n) is 1.94. The number of ether oxygens (including phenoxy) is 2. The third-order valence-electron chi connectivity index (χ3n) is 2.91. The first-order chi connectivity index (χ1) is 10.2. The van der Waals surface area contributed by atoms with Gasteiger partial charge in [0, 0.05) is 5.88 Å². The third kappa shape index (κ3) is 4.50. The lowest BCUT2D eigenvalue weighted by atomic mass is 10.0. The number of carbonyl (C=O) groups excluding carboxylic acids is 1. The van der Waals surface area contributed by atoms with Crippen LogP contribution in [0, 0.1) is 0 Å². The molecule has 0 radical (unpaired) electrons. The standard InChI is InChI=1S/C17H17ClO3/c1-2-20-17(19)12-21-16-8-4-7-15(10-16)14-6-3-5-13(9-14)11-18/h3-10H,2,11-12H2,1H3. The van der Waals surface area contributed by atoms with Crippen molar-refractivity contribution in [3.63, 3.8) is 0 Å². The second kappa shape index (κ2) is 7.70. The second-order valence-corrected chi connectivity index (χ2v) is 4.72. The summed E-state index contributed by atoms with van der Waals surface area (Å²) < 4.78 is 10.3. The van der Waals surface area contributed by atoms with Gasteiger partial charge in [-0.05, 0) is 41.8 Å². The average Bonchev–Trinajstić information content (AvgIpc) is 2.53. The summed E-state index contributed by atoms with van der Waals surface area (Å²) >= 11 is 5.86. The van der Waals surface area contributed by atoms with Gasteiger partial charge in [0.05, 0.1) is 6.61 Å². The number of rotatable bonds is 6. The van der Waals surface area contributed by atoms with Crippen molar-refractivity contribution in [2.45, 2.75) is 12.8 Å². The molecule has 0 aliphatic heterocycles. The van der Waals surface area contributed by atoms with Crippen molar-refractivity contribution < 1.29 is 14.3 Å². The Hall–Kier alpha value is -2.00. The third-order valence-corrected chi connectivity index (χ3v) is 3.22. The quantitative estimate of drug-likeness (QED) is 0.597. The highest BCUT2D eigenvalue weighted by Gasteiger charge is 2.05. The topological polar surface area (TPSA) is 35.5 Å². The second-order valence-electron chi connectivity index (χ2n) is 4.46. The molecule has 21 heavy (non-hydrogen) atoms. The highest BCUT2D eigenvalue weighted by molar-refractivity contribution is 6.17. The Morgan fingerprint density at radius 1 is 1.10 bits per heavy atom. The summed E-state index contributed by atoms with van der Waals surface area (Å²) in [5.41, 5.74) is 3.14. The zero-order chi connectivity index (χ0) is 15.1. The number of benzene rings is 2. The van der Waals surface area contributed by atoms with Crippen LogP contribution < -0.4 is 4.74 Å². The zero-order valence-corrected chi connectivity index (χ0v) is 12.6. The summed E-state index contributed by atoms with van der Waals surface area (Å²) in [4.78, 5) is 11.3. The van der Waals surface area contributed by atoms with Crippen molar-refractivity contribution in [1.82, 2.24) is 0 Å². The van der Waals surface area contributed by atoms with Crippen LogP contribution >= 0.6 is 11.6 Å². The number of halogens is 1. The average molecular weight is 305 g/mol. The molecule has 0 heterocycles. The van der Waals surface area contributed by atoms with Crippen LogP contribution in [0.4, 0.5) is 0 Å². The van der Waals surface area contributed by atoms with E-state index >= 15 is 0 Å². The lowest BCUT2D eigenvalue weighted by Crippen LogP contribution is -2.14. The van der Waals surface area contributed by atoms with Gasteiger partial charge in [0.1, 0.15) is 5.75 Å². The van der Waals surface area contributed by atoms with Crippen LogP contribution in [0.25, 0.3) is 11.1 Å². The number of esters is 1. The van der Waals surface area contributed by atoms with E-state index in [1.165, 1.54) is 0 Å². The fourth-order valence-corrected chi connectivity index (χ4v) is 2.11. The van der Waals surface area contributed by atoms with E-state index in [9.17, 15) is 4.79 Å². The van der Waals surface area contributed by atoms with Crippen molar-refractivity contribution in [2.75, 3.05) is 13.2 Å². The molecule has 0 aliphatic rings. The van der Waals surface area contributed by atoms with Gasteiger partial charge in [-0.3, -0.25) is 0 Å². The number of hydrogen-bond donors (Lipinski definition) is 0. The molecule has 0 atom stereocenters. The van der Waals surface area contributed by atoms with Gasteiger partial charge in [0.25, 0.3) is 0 Å². The van der Waals surface area contributed by atoms with Crippen LogP contribution in [-0.2, 0) is 15.4 Å². The molecule has 0 spiro atoms. The van der Waals surface area contributed by atoms with E-state index in [1.807, 2.05) is 48.5 Å². The highest BCUT2D eigenvalue weighted by atomic mass is 35.5. The van der Waals surface area contributed by atoms with Crippen LogP contribution in [0.2, 0.25) is 0 Å². The minimum absolute atomic E-state index is 0.0843. The van der Waals surface area contributed by atoms with Crippen molar-refractivity contribution in [3.05, 3.63) is 54.1 Å². The van der Waals surface area contributed by atoms with Gasteiger partial charge in [0.15, 0.2) is 6.61 Å². The molecule has 110 valence electrons. The Bertz CT molecular complexity index is 610. The van der Waals surface area contributed by atoms with Crippen molar-refractivity contribution in [1.29, 1.82) is 0 Å². The fraction of sp³-hybridized carbons (Fsp3) is 0.235. The predicted molar refractivity (Wildman–Crippen MR) is 83.6 cm³/mol. The largest absolute Gasteiger partial charge is 0.482 e. The molecule has 0 aromatic heterocycles. The van der Waals surface area contributed by atoms with Crippen molar-refractivity contribution in [2.24, 2.45) is 0 Å². The normalized spacial score (nSPS) is 10.2. The molecule has 0 saturated heterocycles. The first-order valence-electron chi connectivity index (χ1n) is 6.76. The Morgan fingerprint density at radius 3 is 2.52 bits per heavy atom. The van der Waals surface area contributed by atoms with E-state index < -0.39 is 0 Å². The van der Waals surface area contributed by atoms with E-state index in [0.29, 0.717) is 18.2 Å². The van der Waals surface area contributed by atoms with E-state index in [4.69, 9.17) is 21.1 Å². The Morgan fingerprint density at radius 2 is 1.81 bits per heavy atom. The minimum atomic E-state index is -0.368. The molecule has 2 aromatic rings. The van der Waals surface area contributed by atoms with Gasteiger partial charge >= 0.3 is 5.97 Å². The molecule has 3 nitrogen and oxygen atoms in total. The maximum Gasteiger partial charge on any atom is 0.344 e. The molecule has 0 bridgehead atoms. The maximum absolute atomic E-state index is 11.3. The van der Waals surface area contributed by atoms with Crippen LogP contribution in [0.1, 0.15) is 12.5 Å². The van der Waals surface area contributed by atoms with Gasteiger partial charge in [-0.25, -0.2) is 4.79 Å². The summed E-state index contributed by atoms with van der Waals surface area (Å²) in [5.74, 6) is 0.747. The van der Waals surface area contributed by atoms with E-state index in [2.05, 4.69) is 0 Å². The summed E-state index contributed by atoms with van der Waals surface area (Å²) in [6.07, 6.45) is 0. The molecule has 0 amide bonds. The maximum atomic E-state index is 11.3. The molecule has 0 fully saturated rings. The monoisotopic (exact) mass is 304 g/mol. The van der Waals surface area contributed by atoms with Gasteiger partial charge in [0.2, 0.25) is 0 Å². The van der Waals surface area contributed by atoms with Crippen LogP contribution in [-0.4, -0.2) is 19.2 Å². The van der Waals surface area contributed by atoms with Crippen LogP contribution in [0.15, 0.2) is 48.5 Å². The summed E-state index contributed by atoms with van der Waals surface area (Å²) in [7, 11) is 0. The molecule has 2 rings (SSSR count). The number of carbonyl (C=O) groups is 1. The molecule has 0 unspecified atom stereocenters. The minimum Gasteiger partial charge on any atom is -0.482 e. The van der Waals surface area contributed by atoms with E-state index in [1.54, 1.807) is 6.92 Å². The van der Waals surface area contributed by atoms with Gasteiger partial charge in [-0.15, -0.1) is 11.6 Å². The van der Waals surface area contributed by atoms with Gasteiger partial charge in [-0.1, -0.05) is 30.3 Å². The van der Waals surface area contributed by atoms with Crippen LogP contribution in [0.3, 0.4) is 0 Å². The lowest BCUT2D eigenvalue weighted by Gasteiger charge is -2.08. The number of alkyl halides is 1. The van der Waals surface area contributed by atoms with Gasteiger partial charge < -0.3 is 9.47 Å². The lowest BCUT2D eigenvalue weighted by molar-refractivity contribution is -0.145. The predicted octanol–water partition coefficient (Wildman–Crippen LogP) is 4.03. The Labute approximate surface area is 129 Å². The Kier molecular flexibility index (Phi) is 5.64. The van der Waals surface area contributed by atoms with Crippen molar-refractivity contribution in [3.8, 4) is 16.9 Å².